The van der Waals surface area contributed by atoms with Crippen LogP contribution in [-0.2, 0) is 12.0 Å². The van der Waals surface area contributed by atoms with Crippen molar-refractivity contribution in [2.24, 2.45) is 0 Å². The van der Waals surface area contributed by atoms with E-state index in [0.29, 0.717) is 6.54 Å². The lowest BCUT2D eigenvalue weighted by atomic mass is 9.83. The van der Waals surface area contributed by atoms with Gasteiger partial charge in [0.25, 0.3) is 0 Å². The molecular weight excluding hydrogens is 246 g/mol. The maximum atomic E-state index is 9.91. The van der Waals surface area contributed by atoms with Crippen molar-refractivity contribution in [3.63, 3.8) is 0 Å². The van der Waals surface area contributed by atoms with Crippen molar-refractivity contribution in [1.82, 2.24) is 4.90 Å². The molecule has 1 rings (SSSR count). The van der Waals surface area contributed by atoms with Crippen LogP contribution >= 0.6 is 0 Å². The van der Waals surface area contributed by atoms with Crippen LogP contribution in [0, 0.1) is 13.8 Å². The second-order valence-electron chi connectivity index (χ2n) is 7.82. The Hall–Kier alpha value is -0.860. The molecule has 0 aromatic heterocycles. The lowest BCUT2D eigenvalue weighted by Crippen LogP contribution is -2.36. The van der Waals surface area contributed by atoms with Crippen molar-refractivity contribution in [2.45, 2.75) is 66.0 Å². The predicted molar refractivity (Wildman–Crippen MR) is 87.2 cm³/mol. The van der Waals surface area contributed by atoms with E-state index in [1.807, 2.05) is 13.8 Å². The highest BCUT2D eigenvalue weighted by molar-refractivity contribution is 5.40. The van der Waals surface area contributed by atoms with Crippen LogP contribution in [0.25, 0.3) is 0 Å². The van der Waals surface area contributed by atoms with Crippen LogP contribution in [0.2, 0.25) is 0 Å². The van der Waals surface area contributed by atoms with E-state index in [9.17, 15) is 5.11 Å². The smallest absolute Gasteiger partial charge is 0.0718 e. The molecular formula is C18H31NO. The minimum atomic E-state index is -0.651. The van der Waals surface area contributed by atoms with Gasteiger partial charge in [-0.1, -0.05) is 32.9 Å². The molecule has 0 saturated heterocycles. The summed E-state index contributed by atoms with van der Waals surface area (Å²) in [5, 5.41) is 9.91. The molecule has 0 heterocycles. The zero-order chi connectivity index (χ0) is 15.7. The summed E-state index contributed by atoms with van der Waals surface area (Å²) in [4.78, 5) is 2.19. The van der Waals surface area contributed by atoms with Crippen LogP contribution in [0.5, 0.6) is 0 Å². The van der Waals surface area contributed by atoms with Crippen molar-refractivity contribution >= 4 is 0 Å². The molecule has 0 unspecified atom stereocenters. The Balaban J connectivity index is 2.98. The lowest BCUT2D eigenvalue weighted by Gasteiger charge is -2.28. The molecule has 0 aliphatic heterocycles. The largest absolute Gasteiger partial charge is 0.389 e. The average molecular weight is 277 g/mol. The van der Waals surface area contributed by atoms with E-state index >= 15 is 0 Å². The molecule has 0 saturated carbocycles. The molecule has 1 aromatic rings. The van der Waals surface area contributed by atoms with E-state index in [4.69, 9.17) is 0 Å². The van der Waals surface area contributed by atoms with Gasteiger partial charge in [-0.2, -0.15) is 0 Å². The summed E-state index contributed by atoms with van der Waals surface area (Å²) in [7, 11) is 2.06. The third-order valence-electron chi connectivity index (χ3n) is 3.65. The number of hydrogen-bond donors (Lipinski definition) is 1. The van der Waals surface area contributed by atoms with Crippen LogP contribution in [0.1, 0.15) is 56.9 Å². The first-order valence-corrected chi connectivity index (χ1v) is 7.42. The number of aliphatic hydroxyl groups is 1. The van der Waals surface area contributed by atoms with Crippen molar-refractivity contribution in [2.75, 3.05) is 13.6 Å². The summed E-state index contributed by atoms with van der Waals surface area (Å²) in [6.07, 6.45) is 0. The molecule has 1 N–H and O–H groups in total. The minimum absolute atomic E-state index is 0.188. The zero-order valence-corrected chi connectivity index (χ0v) is 14.5. The van der Waals surface area contributed by atoms with Crippen LogP contribution in [0.15, 0.2) is 12.1 Å². The molecule has 1 aromatic carbocycles. The first-order chi connectivity index (χ1) is 8.90. The first kappa shape index (κ1) is 17.2. The number of hydrogen-bond acceptors (Lipinski definition) is 2. The van der Waals surface area contributed by atoms with Crippen LogP contribution in [0.3, 0.4) is 0 Å². The summed E-state index contributed by atoms with van der Waals surface area (Å²) in [6, 6.07) is 4.61. The summed E-state index contributed by atoms with van der Waals surface area (Å²) in [6.45, 7) is 16.4. The second kappa shape index (κ2) is 5.87. The summed E-state index contributed by atoms with van der Waals surface area (Å²) >= 11 is 0. The number of nitrogens with zero attached hydrogens (tertiary/aromatic N) is 1. The Kier molecular flexibility index (Phi) is 5.04. The maximum Gasteiger partial charge on any atom is 0.0718 e. The molecule has 0 aliphatic carbocycles. The molecule has 2 heteroatoms. The van der Waals surface area contributed by atoms with Crippen LogP contribution in [0.4, 0.5) is 0 Å². The fourth-order valence-corrected chi connectivity index (χ4v) is 2.66. The third-order valence-corrected chi connectivity index (χ3v) is 3.65. The van der Waals surface area contributed by atoms with Crippen molar-refractivity contribution in [3.05, 3.63) is 34.4 Å². The number of aryl methyl sites for hydroxylation is 2. The quantitative estimate of drug-likeness (QED) is 0.905. The van der Waals surface area contributed by atoms with Gasteiger partial charge >= 0.3 is 0 Å². The topological polar surface area (TPSA) is 23.5 Å². The van der Waals surface area contributed by atoms with Gasteiger partial charge in [-0.05, 0) is 62.4 Å². The number of likely N-dealkylation sites (N-methyl/N-ethyl adjacent to an activating group) is 1. The number of benzene rings is 1. The highest BCUT2D eigenvalue weighted by atomic mass is 16.3. The van der Waals surface area contributed by atoms with Gasteiger partial charge in [-0.15, -0.1) is 0 Å². The van der Waals surface area contributed by atoms with Gasteiger partial charge in [-0.3, -0.25) is 4.90 Å². The van der Waals surface area contributed by atoms with Gasteiger partial charge in [0, 0.05) is 13.1 Å². The van der Waals surface area contributed by atoms with E-state index in [1.165, 1.54) is 22.3 Å². The van der Waals surface area contributed by atoms with E-state index in [1.54, 1.807) is 0 Å². The molecule has 0 amide bonds. The summed E-state index contributed by atoms with van der Waals surface area (Å²) < 4.78 is 0. The fourth-order valence-electron chi connectivity index (χ4n) is 2.66. The van der Waals surface area contributed by atoms with E-state index in [-0.39, 0.29) is 5.41 Å². The molecule has 0 bridgehead atoms. The van der Waals surface area contributed by atoms with Gasteiger partial charge in [-0.25, -0.2) is 0 Å². The molecule has 0 spiro atoms. The highest BCUT2D eigenvalue weighted by Gasteiger charge is 2.19. The second-order valence-corrected chi connectivity index (χ2v) is 7.82. The molecule has 0 fully saturated rings. The third kappa shape index (κ3) is 4.92. The number of rotatable bonds is 4. The monoisotopic (exact) mass is 277 g/mol. The van der Waals surface area contributed by atoms with Crippen molar-refractivity contribution in [1.29, 1.82) is 0 Å². The molecule has 2 nitrogen and oxygen atoms in total. The van der Waals surface area contributed by atoms with E-state index < -0.39 is 5.60 Å². The fraction of sp³-hybridized carbons (Fsp3) is 0.667. The Bertz CT molecular complexity index is 440. The van der Waals surface area contributed by atoms with Crippen molar-refractivity contribution < 1.29 is 5.11 Å². The summed E-state index contributed by atoms with van der Waals surface area (Å²) in [5.41, 5.74) is 5.00. The Morgan fingerprint density at radius 1 is 1.00 bits per heavy atom. The van der Waals surface area contributed by atoms with Gasteiger partial charge in [0.2, 0.25) is 0 Å². The molecule has 20 heavy (non-hydrogen) atoms. The van der Waals surface area contributed by atoms with Gasteiger partial charge in [0.05, 0.1) is 5.60 Å². The molecule has 0 aliphatic rings. The van der Waals surface area contributed by atoms with Crippen LogP contribution in [-0.4, -0.2) is 29.2 Å². The minimum Gasteiger partial charge on any atom is -0.389 e. The molecule has 0 radical (unpaired) electrons. The SMILES string of the molecule is Cc1cc(C(C)(C)C)cc(C)c1CN(C)CC(C)(C)O. The lowest BCUT2D eigenvalue weighted by molar-refractivity contribution is 0.0424. The highest BCUT2D eigenvalue weighted by Crippen LogP contribution is 2.27. The first-order valence-electron chi connectivity index (χ1n) is 7.42. The predicted octanol–water partition coefficient (Wildman–Crippen LogP) is 3.80. The summed E-state index contributed by atoms with van der Waals surface area (Å²) in [5.74, 6) is 0. The van der Waals surface area contributed by atoms with Crippen molar-refractivity contribution in [3.8, 4) is 0 Å². The molecule has 114 valence electrons. The Labute approximate surface area is 124 Å². The molecule has 0 atom stereocenters. The van der Waals surface area contributed by atoms with Gasteiger partial charge in [0.15, 0.2) is 0 Å². The zero-order valence-electron chi connectivity index (χ0n) is 14.5. The van der Waals surface area contributed by atoms with E-state index in [2.05, 4.69) is 58.7 Å². The Morgan fingerprint density at radius 2 is 1.45 bits per heavy atom. The maximum absolute atomic E-state index is 9.91. The standard InChI is InChI=1S/C18H31NO/c1-13-9-15(17(3,4)5)10-14(2)16(13)11-19(8)12-18(6,7)20/h9-10,20H,11-12H2,1-8H3. The van der Waals surface area contributed by atoms with Gasteiger partial charge < -0.3 is 5.11 Å². The van der Waals surface area contributed by atoms with Crippen LogP contribution < -0.4 is 0 Å². The average Bonchev–Trinajstić information content (AvgIpc) is 2.19. The van der Waals surface area contributed by atoms with E-state index in [0.717, 1.165) is 6.54 Å². The normalized spacial score (nSPS) is 13.1. The van der Waals surface area contributed by atoms with Gasteiger partial charge in [0.1, 0.15) is 0 Å². The Morgan fingerprint density at radius 3 is 1.80 bits per heavy atom.